The summed E-state index contributed by atoms with van der Waals surface area (Å²) >= 11 is 6.04. The van der Waals surface area contributed by atoms with E-state index in [-0.39, 0.29) is 11.9 Å². The molecule has 6 heteroatoms. The zero-order valence-electron chi connectivity index (χ0n) is 14.6. The second-order valence-corrected chi connectivity index (χ2v) is 7.29. The Bertz CT molecular complexity index is 1030. The van der Waals surface area contributed by atoms with Crippen molar-refractivity contribution in [3.63, 3.8) is 0 Å². The van der Waals surface area contributed by atoms with Crippen molar-refractivity contribution in [1.82, 2.24) is 4.90 Å². The van der Waals surface area contributed by atoms with Crippen LogP contribution in [0.1, 0.15) is 35.0 Å². The number of halogens is 1. The van der Waals surface area contributed by atoms with Gasteiger partial charge < -0.3 is 18.8 Å². The van der Waals surface area contributed by atoms with Crippen molar-refractivity contribution >= 4 is 28.5 Å². The molecule has 5 nitrogen and oxygen atoms in total. The van der Waals surface area contributed by atoms with E-state index in [1.54, 1.807) is 24.3 Å². The van der Waals surface area contributed by atoms with Gasteiger partial charge in [0.25, 0.3) is 5.91 Å². The van der Waals surface area contributed by atoms with Gasteiger partial charge in [-0.15, -0.1) is 0 Å². The number of nitrogens with zero attached hydrogens (tertiary/aromatic N) is 1. The van der Waals surface area contributed by atoms with Crippen LogP contribution in [-0.2, 0) is 0 Å². The lowest BCUT2D eigenvalue weighted by molar-refractivity contribution is 0.0705. The van der Waals surface area contributed by atoms with Crippen molar-refractivity contribution in [2.24, 2.45) is 0 Å². The molecule has 1 atom stereocenters. The third-order valence-corrected chi connectivity index (χ3v) is 5.39. The number of benzene rings is 2. The van der Waals surface area contributed by atoms with Crippen LogP contribution in [-0.4, -0.2) is 30.6 Å². The number of fused-ring (bicyclic) bond motifs is 2. The first-order chi connectivity index (χ1) is 13.2. The molecule has 27 heavy (non-hydrogen) atoms. The highest BCUT2D eigenvalue weighted by Crippen LogP contribution is 2.39. The molecule has 3 heterocycles. The number of furan rings is 1. The predicted molar refractivity (Wildman–Crippen MR) is 102 cm³/mol. The van der Waals surface area contributed by atoms with E-state index in [0.717, 1.165) is 35.3 Å². The second kappa shape index (κ2) is 6.50. The van der Waals surface area contributed by atoms with Crippen LogP contribution in [0.3, 0.4) is 0 Å². The first-order valence-electron chi connectivity index (χ1n) is 9.09. The van der Waals surface area contributed by atoms with E-state index in [2.05, 4.69) is 0 Å². The van der Waals surface area contributed by atoms with Crippen molar-refractivity contribution in [3.8, 4) is 11.5 Å². The number of rotatable bonds is 2. The van der Waals surface area contributed by atoms with Crippen LogP contribution < -0.4 is 9.47 Å². The molecule has 0 spiro atoms. The summed E-state index contributed by atoms with van der Waals surface area (Å²) in [6, 6.07) is 13.1. The fraction of sp³-hybridized carbons (Fsp3) is 0.286. The molecule has 2 aliphatic heterocycles. The molecule has 0 unspecified atom stereocenters. The summed E-state index contributed by atoms with van der Waals surface area (Å²) in [5.74, 6) is 1.75. The quantitative estimate of drug-likeness (QED) is 0.635. The monoisotopic (exact) mass is 383 g/mol. The van der Waals surface area contributed by atoms with Gasteiger partial charge in [-0.05, 0) is 54.8 Å². The molecule has 138 valence electrons. The zero-order valence-corrected chi connectivity index (χ0v) is 15.4. The minimum atomic E-state index is -0.0975. The average molecular weight is 384 g/mol. The molecule has 1 saturated heterocycles. The molecule has 0 radical (unpaired) electrons. The van der Waals surface area contributed by atoms with E-state index >= 15 is 0 Å². The van der Waals surface area contributed by atoms with E-state index in [9.17, 15) is 4.79 Å². The van der Waals surface area contributed by atoms with Gasteiger partial charge in [0.1, 0.15) is 18.8 Å². The Labute approximate surface area is 161 Å². The standard InChI is InChI=1S/C21H18ClNO4/c22-15-4-6-17-14(10-15)12-20(27-17)21(24)23-7-1-2-16(23)13-3-5-18-19(11-13)26-9-8-25-18/h3-6,10-12,16H,1-2,7-9H2/t16-/m0/s1. The van der Waals surface area contributed by atoms with Gasteiger partial charge in [-0.3, -0.25) is 4.79 Å². The van der Waals surface area contributed by atoms with Crippen molar-refractivity contribution < 1.29 is 18.7 Å². The van der Waals surface area contributed by atoms with Gasteiger partial charge in [0.15, 0.2) is 17.3 Å². The third-order valence-electron chi connectivity index (χ3n) is 5.15. The molecule has 0 saturated carbocycles. The van der Waals surface area contributed by atoms with Crippen molar-refractivity contribution in [2.45, 2.75) is 18.9 Å². The topological polar surface area (TPSA) is 51.9 Å². The molecule has 1 amide bonds. The fourth-order valence-corrected chi connectivity index (χ4v) is 4.07. The SMILES string of the molecule is O=C(c1cc2cc(Cl)ccc2o1)N1CCC[C@H]1c1ccc2c(c1)OCCO2. The van der Waals surface area contributed by atoms with Crippen molar-refractivity contribution in [1.29, 1.82) is 0 Å². The molecule has 1 fully saturated rings. The van der Waals surface area contributed by atoms with Crippen LogP contribution in [0.2, 0.25) is 5.02 Å². The average Bonchev–Trinajstić information content (AvgIpc) is 3.33. The van der Waals surface area contributed by atoms with Crippen LogP contribution in [0.5, 0.6) is 11.5 Å². The molecule has 2 aliphatic rings. The van der Waals surface area contributed by atoms with Gasteiger partial charge in [0, 0.05) is 17.0 Å². The van der Waals surface area contributed by atoms with E-state index < -0.39 is 0 Å². The molecule has 2 aromatic carbocycles. The fourth-order valence-electron chi connectivity index (χ4n) is 3.88. The third kappa shape index (κ3) is 2.92. The van der Waals surface area contributed by atoms with Gasteiger partial charge in [0.05, 0.1) is 6.04 Å². The molecule has 3 aromatic rings. The predicted octanol–water partition coefficient (Wildman–Crippen LogP) is 4.83. The molecule has 0 aliphatic carbocycles. The number of carbonyl (C=O) groups is 1. The summed E-state index contributed by atoms with van der Waals surface area (Å²) in [6.07, 6.45) is 1.87. The van der Waals surface area contributed by atoms with Crippen LogP contribution in [0.4, 0.5) is 0 Å². The Morgan fingerprint density at radius 3 is 2.78 bits per heavy atom. The molecule has 0 N–H and O–H groups in total. The number of carbonyl (C=O) groups excluding carboxylic acids is 1. The summed E-state index contributed by atoms with van der Waals surface area (Å²) in [4.78, 5) is 15.0. The van der Waals surface area contributed by atoms with Crippen LogP contribution in [0, 0.1) is 0 Å². The minimum Gasteiger partial charge on any atom is -0.486 e. The van der Waals surface area contributed by atoms with E-state index in [0.29, 0.717) is 36.1 Å². The molecule has 1 aromatic heterocycles. The highest BCUT2D eigenvalue weighted by molar-refractivity contribution is 6.31. The number of ether oxygens (including phenoxy) is 2. The number of hydrogen-bond acceptors (Lipinski definition) is 4. The first kappa shape index (κ1) is 16.5. The van der Waals surface area contributed by atoms with Gasteiger partial charge >= 0.3 is 0 Å². The van der Waals surface area contributed by atoms with Gasteiger partial charge in [-0.25, -0.2) is 0 Å². The van der Waals surface area contributed by atoms with E-state index in [1.807, 2.05) is 23.1 Å². The molecule has 5 rings (SSSR count). The van der Waals surface area contributed by atoms with Crippen LogP contribution in [0.15, 0.2) is 46.9 Å². The lowest BCUT2D eigenvalue weighted by atomic mass is 10.0. The molecular formula is C21H18ClNO4. The Kier molecular flexibility index (Phi) is 3.97. The lowest BCUT2D eigenvalue weighted by Gasteiger charge is -2.26. The number of likely N-dealkylation sites (tertiary alicyclic amines) is 1. The minimum absolute atomic E-state index is 0.00475. The second-order valence-electron chi connectivity index (χ2n) is 6.85. The van der Waals surface area contributed by atoms with Crippen molar-refractivity contribution in [2.75, 3.05) is 19.8 Å². The van der Waals surface area contributed by atoms with E-state index in [4.69, 9.17) is 25.5 Å². The summed E-state index contributed by atoms with van der Waals surface area (Å²) < 4.78 is 17.1. The maximum absolute atomic E-state index is 13.1. The number of amides is 1. The number of hydrogen-bond donors (Lipinski definition) is 0. The van der Waals surface area contributed by atoms with Crippen molar-refractivity contribution in [3.05, 3.63) is 58.8 Å². The summed E-state index contributed by atoms with van der Waals surface area (Å²) in [5.41, 5.74) is 1.72. The zero-order chi connectivity index (χ0) is 18.4. The highest BCUT2D eigenvalue weighted by Gasteiger charge is 2.33. The Morgan fingerprint density at radius 2 is 1.89 bits per heavy atom. The van der Waals surface area contributed by atoms with Gasteiger partial charge in [-0.2, -0.15) is 0 Å². The van der Waals surface area contributed by atoms with Gasteiger partial charge in [0.2, 0.25) is 0 Å². The normalized spacial score (nSPS) is 18.9. The molecule has 0 bridgehead atoms. The smallest absolute Gasteiger partial charge is 0.290 e. The summed E-state index contributed by atoms with van der Waals surface area (Å²) in [6.45, 7) is 1.82. The Balaban J connectivity index is 1.45. The highest BCUT2D eigenvalue weighted by atomic mass is 35.5. The van der Waals surface area contributed by atoms with E-state index in [1.165, 1.54) is 0 Å². The maximum Gasteiger partial charge on any atom is 0.290 e. The summed E-state index contributed by atoms with van der Waals surface area (Å²) in [7, 11) is 0. The van der Waals surface area contributed by atoms with Gasteiger partial charge in [-0.1, -0.05) is 17.7 Å². The Hall–Kier alpha value is -2.66. The summed E-state index contributed by atoms with van der Waals surface area (Å²) in [5, 5.41) is 1.46. The Morgan fingerprint density at radius 1 is 1.04 bits per heavy atom. The largest absolute Gasteiger partial charge is 0.486 e. The maximum atomic E-state index is 13.1. The lowest BCUT2D eigenvalue weighted by Crippen LogP contribution is -2.30. The first-order valence-corrected chi connectivity index (χ1v) is 9.46. The van der Waals surface area contributed by atoms with Crippen LogP contribution >= 0.6 is 11.6 Å². The molecular weight excluding hydrogens is 366 g/mol. The van der Waals surface area contributed by atoms with Crippen LogP contribution in [0.25, 0.3) is 11.0 Å².